The summed E-state index contributed by atoms with van der Waals surface area (Å²) in [4.78, 5) is 19.3. The first-order chi connectivity index (χ1) is 13.1. The van der Waals surface area contributed by atoms with Gasteiger partial charge < -0.3 is 5.32 Å². The molecule has 4 aromatic rings. The Bertz CT molecular complexity index is 1130. The topological polar surface area (TPSA) is 81.0 Å². The van der Waals surface area contributed by atoms with Crippen LogP contribution in [0.15, 0.2) is 60.7 Å². The molecule has 6 nitrogen and oxygen atoms in total. The van der Waals surface area contributed by atoms with Crippen molar-refractivity contribution >= 4 is 49.8 Å². The molecular formula is C19H13ClN4O2S. The van der Waals surface area contributed by atoms with Crippen LogP contribution in [0, 0.1) is 10.1 Å². The maximum Gasteiger partial charge on any atom is 0.270 e. The number of rotatable bonds is 5. The molecule has 134 valence electrons. The molecule has 0 amide bonds. The third-order valence-electron chi connectivity index (χ3n) is 3.92. The molecule has 2 aromatic carbocycles. The summed E-state index contributed by atoms with van der Waals surface area (Å²) in [7, 11) is 0. The van der Waals surface area contributed by atoms with Crippen LogP contribution < -0.4 is 5.32 Å². The van der Waals surface area contributed by atoms with Crippen LogP contribution in [0.1, 0.15) is 11.1 Å². The van der Waals surface area contributed by atoms with Gasteiger partial charge >= 0.3 is 0 Å². The fraction of sp³-hybridized carbons (Fsp3) is 0.0526. The summed E-state index contributed by atoms with van der Waals surface area (Å²) in [6.45, 7) is 0. The minimum Gasteiger partial charge on any atom is -0.316 e. The zero-order valence-corrected chi connectivity index (χ0v) is 15.5. The number of nitro benzene ring substituents is 1. The molecule has 0 aliphatic carbocycles. The first-order valence-corrected chi connectivity index (χ1v) is 9.29. The van der Waals surface area contributed by atoms with Crippen molar-refractivity contribution in [3.05, 3.63) is 87.1 Å². The zero-order valence-electron chi connectivity index (χ0n) is 13.9. The number of nitrogens with zero attached hydrogens (tertiary/aromatic N) is 3. The van der Waals surface area contributed by atoms with Crippen LogP contribution in [0.2, 0.25) is 5.15 Å². The van der Waals surface area contributed by atoms with Crippen LogP contribution in [-0.2, 0) is 6.42 Å². The Morgan fingerprint density at radius 2 is 1.85 bits per heavy atom. The molecule has 0 saturated heterocycles. The molecule has 0 radical (unpaired) electrons. The zero-order chi connectivity index (χ0) is 18.8. The average Bonchev–Trinajstić information content (AvgIpc) is 3.03. The normalized spacial score (nSPS) is 10.9. The highest BCUT2D eigenvalue weighted by molar-refractivity contribution is 7.22. The van der Waals surface area contributed by atoms with Gasteiger partial charge in [0.25, 0.3) is 5.69 Å². The minimum absolute atomic E-state index is 0.0451. The highest BCUT2D eigenvalue weighted by Gasteiger charge is 2.11. The number of benzene rings is 2. The van der Waals surface area contributed by atoms with Crippen molar-refractivity contribution in [2.24, 2.45) is 0 Å². The number of hydrogen-bond acceptors (Lipinski definition) is 6. The maximum absolute atomic E-state index is 10.9. The summed E-state index contributed by atoms with van der Waals surface area (Å²) in [6.07, 6.45) is 0.740. The molecule has 0 atom stereocenters. The number of non-ortho nitro benzene ring substituents is 1. The molecule has 8 heteroatoms. The number of halogens is 1. The summed E-state index contributed by atoms with van der Waals surface area (Å²) < 4.78 is 0.734. The van der Waals surface area contributed by atoms with E-state index in [1.807, 2.05) is 30.3 Å². The molecule has 2 heterocycles. The molecule has 0 unspecified atom stereocenters. The molecule has 0 bridgehead atoms. The van der Waals surface area contributed by atoms with Gasteiger partial charge in [-0.2, -0.15) is 0 Å². The highest BCUT2D eigenvalue weighted by atomic mass is 35.5. The number of anilines is 2. The van der Waals surface area contributed by atoms with E-state index in [9.17, 15) is 10.1 Å². The lowest BCUT2D eigenvalue weighted by Gasteiger charge is -2.07. The number of nitro groups is 1. The van der Waals surface area contributed by atoms with Crippen LogP contribution in [0.5, 0.6) is 0 Å². The Morgan fingerprint density at radius 1 is 1.04 bits per heavy atom. The Labute approximate surface area is 163 Å². The van der Waals surface area contributed by atoms with Crippen LogP contribution in [0.3, 0.4) is 0 Å². The van der Waals surface area contributed by atoms with Crippen molar-refractivity contribution < 1.29 is 4.92 Å². The number of pyridine rings is 1. The van der Waals surface area contributed by atoms with Gasteiger partial charge in [-0.15, -0.1) is 0 Å². The fourth-order valence-corrected chi connectivity index (χ4v) is 3.87. The van der Waals surface area contributed by atoms with Crippen LogP contribution >= 0.6 is 22.9 Å². The van der Waals surface area contributed by atoms with E-state index < -0.39 is 4.92 Å². The van der Waals surface area contributed by atoms with Crippen molar-refractivity contribution in [2.75, 3.05) is 5.32 Å². The smallest absolute Gasteiger partial charge is 0.270 e. The predicted molar refractivity (Wildman–Crippen MR) is 108 cm³/mol. The number of aromatic nitrogens is 2. The molecule has 4 rings (SSSR count). The summed E-state index contributed by atoms with van der Waals surface area (Å²) in [5, 5.41) is 15.1. The summed E-state index contributed by atoms with van der Waals surface area (Å²) in [5.41, 5.74) is 2.95. The number of fused-ring (bicyclic) bond motifs is 1. The Hall–Kier alpha value is -3.03. The average molecular weight is 397 g/mol. The standard InChI is InChI=1S/C19H13ClN4O2S/c20-17-9-13(8-12-4-2-1-3-5-12)10-18(22-17)23-19-21-15-7-6-14(24(25)26)11-16(15)27-19/h1-7,9-11H,8H2,(H,21,22,23). The van der Waals surface area contributed by atoms with E-state index in [0.29, 0.717) is 21.6 Å². The lowest BCUT2D eigenvalue weighted by molar-refractivity contribution is -0.384. The van der Waals surface area contributed by atoms with Gasteiger partial charge in [0.05, 0.1) is 15.1 Å². The van der Waals surface area contributed by atoms with Gasteiger partial charge in [0.2, 0.25) is 0 Å². The second-order valence-electron chi connectivity index (χ2n) is 5.90. The van der Waals surface area contributed by atoms with E-state index in [1.54, 1.807) is 6.07 Å². The monoisotopic (exact) mass is 396 g/mol. The van der Waals surface area contributed by atoms with E-state index in [2.05, 4.69) is 27.4 Å². The third kappa shape index (κ3) is 4.05. The first kappa shape index (κ1) is 17.4. The van der Waals surface area contributed by atoms with Crippen LogP contribution in [-0.4, -0.2) is 14.9 Å². The minimum atomic E-state index is -0.416. The molecule has 0 spiro atoms. The summed E-state index contributed by atoms with van der Waals surface area (Å²) in [6, 6.07) is 18.5. The van der Waals surface area contributed by atoms with E-state index >= 15 is 0 Å². The SMILES string of the molecule is O=[N+]([O-])c1ccc2nc(Nc3cc(Cc4ccccc4)cc(Cl)n3)sc2c1. The van der Waals surface area contributed by atoms with Crippen LogP contribution in [0.25, 0.3) is 10.2 Å². The van der Waals surface area contributed by atoms with Crippen molar-refractivity contribution in [2.45, 2.75) is 6.42 Å². The maximum atomic E-state index is 10.9. The van der Waals surface area contributed by atoms with Gasteiger partial charge in [-0.05, 0) is 35.7 Å². The van der Waals surface area contributed by atoms with E-state index in [0.717, 1.165) is 16.7 Å². The largest absolute Gasteiger partial charge is 0.316 e. The highest BCUT2D eigenvalue weighted by Crippen LogP contribution is 2.31. The Balaban J connectivity index is 1.60. The number of hydrogen-bond donors (Lipinski definition) is 1. The van der Waals surface area contributed by atoms with E-state index in [1.165, 1.54) is 29.0 Å². The van der Waals surface area contributed by atoms with Gasteiger partial charge in [-0.3, -0.25) is 10.1 Å². The molecule has 0 aliphatic rings. The van der Waals surface area contributed by atoms with Crippen molar-refractivity contribution in [1.29, 1.82) is 0 Å². The lowest BCUT2D eigenvalue weighted by Crippen LogP contribution is -1.96. The fourth-order valence-electron chi connectivity index (χ4n) is 2.74. The molecular weight excluding hydrogens is 384 g/mol. The summed E-state index contributed by atoms with van der Waals surface area (Å²) in [5.74, 6) is 0.585. The van der Waals surface area contributed by atoms with Gasteiger partial charge in [0.15, 0.2) is 5.13 Å². The number of nitrogens with one attached hydrogen (secondary N) is 1. The Morgan fingerprint density at radius 3 is 2.63 bits per heavy atom. The molecule has 1 N–H and O–H groups in total. The van der Waals surface area contributed by atoms with Gasteiger partial charge in [0, 0.05) is 12.1 Å². The van der Waals surface area contributed by atoms with Gasteiger partial charge in [0.1, 0.15) is 11.0 Å². The van der Waals surface area contributed by atoms with Gasteiger partial charge in [-0.1, -0.05) is 53.3 Å². The van der Waals surface area contributed by atoms with Gasteiger partial charge in [-0.25, -0.2) is 9.97 Å². The number of thiazole rings is 1. The second-order valence-corrected chi connectivity index (χ2v) is 7.32. The molecule has 0 fully saturated rings. The first-order valence-electron chi connectivity index (χ1n) is 8.09. The predicted octanol–water partition coefficient (Wildman–Crippen LogP) is 5.59. The van der Waals surface area contributed by atoms with Crippen molar-refractivity contribution in [3.8, 4) is 0 Å². The summed E-state index contributed by atoms with van der Waals surface area (Å²) >= 11 is 7.50. The van der Waals surface area contributed by atoms with Crippen LogP contribution in [0.4, 0.5) is 16.6 Å². The third-order valence-corrected chi connectivity index (χ3v) is 5.05. The van der Waals surface area contributed by atoms with E-state index in [4.69, 9.17) is 11.6 Å². The van der Waals surface area contributed by atoms with E-state index in [-0.39, 0.29) is 5.69 Å². The molecule has 2 aromatic heterocycles. The second kappa shape index (κ2) is 7.30. The van der Waals surface area contributed by atoms with Crippen molar-refractivity contribution in [3.63, 3.8) is 0 Å². The molecule has 0 aliphatic heterocycles. The molecule has 27 heavy (non-hydrogen) atoms. The lowest BCUT2D eigenvalue weighted by atomic mass is 10.1. The quantitative estimate of drug-likeness (QED) is 0.270. The van der Waals surface area contributed by atoms with Crippen molar-refractivity contribution in [1.82, 2.24) is 9.97 Å². The Kier molecular flexibility index (Phi) is 4.70. The molecule has 0 saturated carbocycles.